The van der Waals surface area contributed by atoms with Gasteiger partial charge in [-0.15, -0.1) is 0 Å². The van der Waals surface area contributed by atoms with Crippen LogP contribution in [0, 0.1) is 5.92 Å². The number of ether oxygens (including phenoxy) is 1. The van der Waals surface area contributed by atoms with Crippen molar-refractivity contribution in [2.75, 3.05) is 18.4 Å². The van der Waals surface area contributed by atoms with Crippen LogP contribution in [0.3, 0.4) is 0 Å². The molecule has 1 aromatic carbocycles. The monoisotopic (exact) mass is 696 g/mol. The normalized spacial score (nSPS) is 14.0. The highest BCUT2D eigenvalue weighted by molar-refractivity contribution is 7.85. The van der Waals surface area contributed by atoms with Crippen LogP contribution in [-0.2, 0) is 45.4 Å². The lowest BCUT2D eigenvalue weighted by Gasteiger charge is -2.25. The molecule has 0 radical (unpaired) electrons. The zero-order valence-electron chi connectivity index (χ0n) is 26.4. The molecule has 1 heterocycles. The molecule has 0 fully saturated rings. The number of primary amides is 1. The molecule has 0 aromatic heterocycles. The molecule has 0 unspecified atom stereocenters. The van der Waals surface area contributed by atoms with Crippen LogP contribution in [0.1, 0.15) is 57.9 Å². The van der Waals surface area contributed by atoms with Crippen LogP contribution >= 0.6 is 0 Å². The van der Waals surface area contributed by atoms with Crippen molar-refractivity contribution in [3.05, 3.63) is 35.9 Å². The number of carbonyl (C=O) groups excluding carboxylic acids is 6. The summed E-state index contributed by atoms with van der Waals surface area (Å²) in [5.41, 5.74) is 4.76. The summed E-state index contributed by atoms with van der Waals surface area (Å²) in [5.74, 6) is -3.12. The van der Waals surface area contributed by atoms with Gasteiger partial charge in [0, 0.05) is 42.9 Å². The van der Waals surface area contributed by atoms with Crippen LogP contribution in [0.2, 0.25) is 0 Å². The van der Waals surface area contributed by atoms with E-state index in [1.54, 1.807) is 13.8 Å². The van der Waals surface area contributed by atoms with Crippen molar-refractivity contribution >= 4 is 57.5 Å². The number of unbranched alkanes of at least 4 members (excludes halogenated alkanes) is 2. The Bertz CT molecular complexity index is 1510. The van der Waals surface area contributed by atoms with Gasteiger partial charge in [-0.3, -0.25) is 33.4 Å². The van der Waals surface area contributed by atoms with E-state index >= 15 is 0 Å². The maximum absolute atomic E-state index is 13.3. The summed E-state index contributed by atoms with van der Waals surface area (Å²) >= 11 is 0. The molecule has 7 amide bonds. The van der Waals surface area contributed by atoms with Crippen molar-refractivity contribution in [3.8, 4) is 0 Å². The topological polar surface area (TPSA) is 281 Å². The molecular weight excluding hydrogens is 656 g/mol. The van der Waals surface area contributed by atoms with Crippen molar-refractivity contribution < 1.29 is 56.4 Å². The number of anilines is 1. The lowest BCUT2D eigenvalue weighted by atomic mass is 10.0. The molecule has 48 heavy (non-hydrogen) atoms. The first-order valence-electron chi connectivity index (χ1n) is 14.9. The number of nitrogens with zero attached hydrogens (tertiary/aromatic N) is 1. The second kappa shape index (κ2) is 18.3. The van der Waals surface area contributed by atoms with Gasteiger partial charge in [-0.05, 0) is 43.7 Å². The van der Waals surface area contributed by atoms with Crippen molar-refractivity contribution in [2.24, 2.45) is 11.7 Å². The summed E-state index contributed by atoms with van der Waals surface area (Å²) in [7, 11) is -4.87. The molecule has 18 nitrogen and oxygen atoms in total. The first-order valence-corrected chi connectivity index (χ1v) is 16.4. The van der Waals surface area contributed by atoms with Gasteiger partial charge in [-0.1, -0.05) is 26.3 Å². The molecule has 0 spiro atoms. The zero-order valence-corrected chi connectivity index (χ0v) is 27.2. The number of urea groups is 1. The third kappa shape index (κ3) is 13.0. The number of hydrogen-bond donors (Lipinski definition) is 7. The third-order valence-electron chi connectivity index (χ3n) is 7.02. The van der Waals surface area contributed by atoms with E-state index in [1.807, 2.05) is 0 Å². The fourth-order valence-electron chi connectivity index (χ4n) is 4.57. The molecule has 0 saturated carbocycles. The fraction of sp³-hybridized carbons (Fsp3) is 0.483. The molecule has 19 heteroatoms. The van der Waals surface area contributed by atoms with Crippen LogP contribution in [0.25, 0.3) is 0 Å². The Balaban J connectivity index is 2.08. The SMILES string of the molecule is CC(C)[C@H](NC(=O)CCCCCN1C(=O)C=CC1=O)C(=O)N[C@@H](CCCNC(N)=O)C(=O)Nc1ccc(COC(=O)O)c(S(=O)(=O)O)c1. The van der Waals surface area contributed by atoms with E-state index in [-0.39, 0.29) is 55.4 Å². The summed E-state index contributed by atoms with van der Waals surface area (Å²) in [6.45, 7) is 2.94. The molecule has 0 saturated heterocycles. The average Bonchev–Trinajstić information content (AvgIpc) is 3.31. The minimum atomic E-state index is -4.87. The molecule has 1 aromatic rings. The number of rotatable bonds is 19. The third-order valence-corrected chi connectivity index (χ3v) is 7.95. The summed E-state index contributed by atoms with van der Waals surface area (Å²) < 4.78 is 37.9. The lowest BCUT2D eigenvalue weighted by Crippen LogP contribution is -2.54. The fourth-order valence-corrected chi connectivity index (χ4v) is 5.31. The molecule has 0 bridgehead atoms. The molecule has 1 aliphatic rings. The number of imide groups is 1. The van der Waals surface area contributed by atoms with E-state index in [9.17, 15) is 46.5 Å². The van der Waals surface area contributed by atoms with Crippen molar-refractivity contribution in [2.45, 2.75) is 76.0 Å². The number of carboxylic acid groups (broad SMARTS) is 1. The van der Waals surface area contributed by atoms with Crippen LogP contribution in [-0.4, -0.2) is 89.9 Å². The van der Waals surface area contributed by atoms with Gasteiger partial charge in [-0.2, -0.15) is 8.42 Å². The molecule has 8 N–H and O–H groups in total. The number of carbonyl (C=O) groups is 7. The van der Waals surface area contributed by atoms with Crippen LogP contribution in [0.15, 0.2) is 35.2 Å². The number of amides is 7. The predicted octanol–water partition coefficient (Wildman–Crippen LogP) is 0.626. The molecular formula is C29H40N6O12S. The summed E-state index contributed by atoms with van der Waals surface area (Å²) in [4.78, 5) is 84.8. The van der Waals surface area contributed by atoms with Crippen molar-refractivity contribution in [1.82, 2.24) is 20.9 Å². The predicted molar refractivity (Wildman–Crippen MR) is 168 cm³/mol. The quantitative estimate of drug-likeness (QED) is 0.0454. The van der Waals surface area contributed by atoms with Crippen LogP contribution in [0.4, 0.5) is 15.3 Å². The number of nitrogens with two attached hydrogens (primary N) is 1. The van der Waals surface area contributed by atoms with E-state index < -0.39 is 69.5 Å². The van der Waals surface area contributed by atoms with Crippen molar-refractivity contribution in [1.29, 1.82) is 0 Å². The second-order valence-corrected chi connectivity index (χ2v) is 12.5. The van der Waals surface area contributed by atoms with E-state index in [2.05, 4.69) is 26.0 Å². The van der Waals surface area contributed by atoms with Gasteiger partial charge in [0.15, 0.2) is 0 Å². The van der Waals surface area contributed by atoms with Crippen LogP contribution < -0.4 is 27.0 Å². The molecule has 264 valence electrons. The van der Waals surface area contributed by atoms with E-state index in [1.165, 1.54) is 18.2 Å². The highest BCUT2D eigenvalue weighted by Gasteiger charge is 2.29. The minimum Gasteiger partial charge on any atom is -0.450 e. The molecule has 2 rings (SSSR count). The summed E-state index contributed by atoms with van der Waals surface area (Å²) in [6, 6.07) is 0.134. The lowest BCUT2D eigenvalue weighted by molar-refractivity contribution is -0.137. The standard InChI is InChI=1S/C29H40N6O12S/c1-17(2)25(34-22(36)8-4-3-5-14-35-23(37)11-12-24(35)38)27(40)33-20(7-6-13-31-28(30)41)26(39)32-19-10-9-18(16-47-29(42)43)21(15-19)48(44,45)46/h9-12,15,17,20,25H,3-8,13-14,16H2,1-2H3,(H,32,39)(H,33,40)(H,34,36)(H,42,43)(H3,30,31,41)(H,44,45,46)/t20-,25-/m0/s1. The highest BCUT2D eigenvalue weighted by Crippen LogP contribution is 2.22. The van der Waals surface area contributed by atoms with Gasteiger partial charge in [0.05, 0.1) is 0 Å². The molecule has 0 aliphatic carbocycles. The molecule has 2 atom stereocenters. The molecule has 1 aliphatic heterocycles. The van der Waals surface area contributed by atoms with Gasteiger partial charge in [0.25, 0.3) is 21.9 Å². The van der Waals surface area contributed by atoms with E-state index in [4.69, 9.17) is 10.8 Å². The Kier molecular flexibility index (Phi) is 15.0. The Hall–Kier alpha value is -5.04. The number of nitrogens with one attached hydrogen (secondary N) is 4. The minimum absolute atomic E-state index is 0.0240. The number of hydrogen-bond acceptors (Lipinski definition) is 10. The zero-order chi connectivity index (χ0) is 36.0. The van der Waals surface area contributed by atoms with E-state index in [0.717, 1.165) is 17.0 Å². The summed E-state index contributed by atoms with van der Waals surface area (Å²) in [5, 5.41) is 18.8. The maximum atomic E-state index is 13.3. The van der Waals surface area contributed by atoms with E-state index in [0.29, 0.717) is 19.3 Å². The van der Waals surface area contributed by atoms with Crippen LogP contribution in [0.5, 0.6) is 0 Å². The van der Waals surface area contributed by atoms with Gasteiger partial charge in [0.2, 0.25) is 17.7 Å². The highest BCUT2D eigenvalue weighted by atomic mass is 32.2. The Morgan fingerprint density at radius 2 is 1.62 bits per heavy atom. The second-order valence-electron chi connectivity index (χ2n) is 11.1. The number of benzene rings is 1. The van der Waals surface area contributed by atoms with Gasteiger partial charge in [-0.25, -0.2) is 9.59 Å². The maximum Gasteiger partial charge on any atom is 0.506 e. The average molecular weight is 697 g/mol. The Morgan fingerprint density at radius 1 is 0.958 bits per heavy atom. The van der Waals surface area contributed by atoms with Gasteiger partial charge >= 0.3 is 12.2 Å². The first-order chi connectivity index (χ1) is 22.5. The Morgan fingerprint density at radius 3 is 2.21 bits per heavy atom. The van der Waals surface area contributed by atoms with Crippen molar-refractivity contribution in [3.63, 3.8) is 0 Å². The smallest absolute Gasteiger partial charge is 0.450 e. The van der Waals surface area contributed by atoms with Gasteiger partial charge in [0.1, 0.15) is 23.6 Å². The first kappa shape index (κ1) is 39.1. The largest absolute Gasteiger partial charge is 0.506 e. The Labute approximate surface area is 276 Å². The van der Waals surface area contributed by atoms with Gasteiger partial charge < -0.3 is 36.8 Å². The summed E-state index contributed by atoms with van der Waals surface area (Å²) in [6.07, 6.45) is 2.36.